The Hall–Kier alpha value is -0.420. The molecule has 2 aliphatic heterocycles. The van der Waals surface area contributed by atoms with Crippen LogP contribution in [0.15, 0.2) is 12.1 Å². The van der Waals surface area contributed by atoms with E-state index in [2.05, 4.69) is 27.2 Å². The van der Waals surface area contributed by atoms with E-state index in [4.69, 9.17) is 0 Å². The molecule has 0 radical (unpaired) electrons. The zero-order chi connectivity index (χ0) is 13.1. The number of likely N-dealkylation sites (tertiary alicyclic amines) is 2. The normalized spacial score (nSPS) is 25.4. The summed E-state index contributed by atoms with van der Waals surface area (Å²) in [6.45, 7) is 7.38. The number of rotatable bonds is 5. The van der Waals surface area contributed by atoms with Crippen LogP contribution in [-0.4, -0.2) is 49.1 Å². The van der Waals surface area contributed by atoms with Gasteiger partial charge < -0.3 is 5.32 Å². The molecule has 1 atom stereocenters. The summed E-state index contributed by atoms with van der Waals surface area (Å²) in [5, 5.41) is 3.23. The Morgan fingerprint density at radius 2 is 2.00 bits per heavy atom. The first-order chi connectivity index (χ1) is 9.35. The average Bonchev–Trinajstić information content (AvgIpc) is 3.10. The van der Waals surface area contributed by atoms with Gasteiger partial charge >= 0.3 is 0 Å². The summed E-state index contributed by atoms with van der Waals surface area (Å²) >= 11 is 1.96. The van der Waals surface area contributed by atoms with Gasteiger partial charge in [0.05, 0.1) is 0 Å². The first-order valence-corrected chi connectivity index (χ1v) is 8.35. The van der Waals surface area contributed by atoms with Crippen LogP contribution in [-0.2, 0) is 13.1 Å². The summed E-state index contributed by atoms with van der Waals surface area (Å²) in [7, 11) is 2.01. The lowest BCUT2D eigenvalue weighted by atomic mass is 10.2. The Kier molecular flexibility index (Phi) is 4.53. The van der Waals surface area contributed by atoms with Gasteiger partial charge in [0.2, 0.25) is 0 Å². The monoisotopic (exact) mass is 279 g/mol. The fourth-order valence-corrected chi connectivity index (χ4v) is 4.43. The second-order valence-electron chi connectivity index (χ2n) is 5.82. The van der Waals surface area contributed by atoms with Gasteiger partial charge in [-0.25, -0.2) is 0 Å². The lowest BCUT2D eigenvalue weighted by molar-refractivity contribution is 0.230. The highest BCUT2D eigenvalue weighted by Crippen LogP contribution is 2.24. The van der Waals surface area contributed by atoms with E-state index in [1.54, 1.807) is 0 Å². The minimum absolute atomic E-state index is 0.833. The molecule has 0 bridgehead atoms. The molecule has 19 heavy (non-hydrogen) atoms. The molecule has 3 rings (SSSR count). The first-order valence-electron chi connectivity index (χ1n) is 7.54. The third-order valence-corrected chi connectivity index (χ3v) is 5.42. The fourth-order valence-electron chi connectivity index (χ4n) is 3.36. The largest absolute Gasteiger partial charge is 0.315 e. The van der Waals surface area contributed by atoms with E-state index < -0.39 is 0 Å². The molecule has 1 unspecified atom stereocenters. The predicted molar refractivity (Wildman–Crippen MR) is 81.6 cm³/mol. The summed E-state index contributed by atoms with van der Waals surface area (Å²) in [5.74, 6) is 0. The molecule has 0 aromatic carbocycles. The van der Waals surface area contributed by atoms with Crippen molar-refractivity contribution in [3.63, 3.8) is 0 Å². The highest BCUT2D eigenvalue weighted by atomic mass is 32.1. The van der Waals surface area contributed by atoms with Gasteiger partial charge in [-0.1, -0.05) is 0 Å². The molecular formula is C15H25N3S. The van der Waals surface area contributed by atoms with Crippen LogP contribution in [0.2, 0.25) is 0 Å². The van der Waals surface area contributed by atoms with E-state index in [9.17, 15) is 0 Å². The summed E-state index contributed by atoms with van der Waals surface area (Å²) in [6, 6.07) is 5.41. The molecule has 0 aliphatic carbocycles. The minimum atomic E-state index is 0.833. The van der Waals surface area contributed by atoms with Gasteiger partial charge in [-0.05, 0) is 51.5 Å². The van der Waals surface area contributed by atoms with Crippen LogP contribution < -0.4 is 5.32 Å². The maximum absolute atomic E-state index is 3.23. The van der Waals surface area contributed by atoms with Gasteiger partial charge in [-0.3, -0.25) is 9.80 Å². The molecule has 1 aromatic heterocycles. The highest BCUT2D eigenvalue weighted by Gasteiger charge is 2.29. The molecule has 3 nitrogen and oxygen atoms in total. The van der Waals surface area contributed by atoms with E-state index >= 15 is 0 Å². The van der Waals surface area contributed by atoms with Crippen molar-refractivity contribution in [2.75, 3.05) is 33.2 Å². The summed E-state index contributed by atoms with van der Waals surface area (Å²) < 4.78 is 0. The van der Waals surface area contributed by atoms with Gasteiger partial charge in [-0.2, -0.15) is 0 Å². The molecule has 2 fully saturated rings. The molecule has 2 aliphatic rings. The van der Waals surface area contributed by atoms with Gasteiger partial charge in [-0.15, -0.1) is 11.3 Å². The van der Waals surface area contributed by atoms with Gasteiger partial charge in [0.1, 0.15) is 0 Å². The van der Waals surface area contributed by atoms with E-state index in [0.29, 0.717) is 0 Å². The van der Waals surface area contributed by atoms with Crippen molar-refractivity contribution in [2.24, 2.45) is 0 Å². The van der Waals surface area contributed by atoms with Crippen molar-refractivity contribution in [1.29, 1.82) is 0 Å². The Balaban J connectivity index is 1.50. The number of thiophene rings is 1. The van der Waals surface area contributed by atoms with E-state index in [0.717, 1.165) is 19.1 Å². The van der Waals surface area contributed by atoms with E-state index in [-0.39, 0.29) is 0 Å². The van der Waals surface area contributed by atoms with Crippen molar-refractivity contribution in [3.8, 4) is 0 Å². The zero-order valence-electron chi connectivity index (χ0n) is 11.9. The SMILES string of the molecule is CNCc1ccc(CN2CCC(N3CCCC3)C2)s1. The first kappa shape index (κ1) is 13.6. The molecule has 0 spiro atoms. The standard InChI is InChI=1S/C15H25N3S/c1-16-10-14-4-5-15(19-14)12-17-9-6-13(11-17)18-7-2-3-8-18/h4-5,13,16H,2-3,6-12H2,1H3. The van der Waals surface area contributed by atoms with Crippen LogP contribution in [0.3, 0.4) is 0 Å². The molecule has 0 saturated carbocycles. The second kappa shape index (κ2) is 6.35. The van der Waals surface area contributed by atoms with Crippen molar-refractivity contribution >= 4 is 11.3 Å². The lowest BCUT2D eigenvalue weighted by Crippen LogP contribution is -2.35. The topological polar surface area (TPSA) is 18.5 Å². The van der Waals surface area contributed by atoms with Crippen LogP contribution in [0.4, 0.5) is 0 Å². The van der Waals surface area contributed by atoms with Crippen LogP contribution in [0.25, 0.3) is 0 Å². The molecule has 0 amide bonds. The van der Waals surface area contributed by atoms with Crippen molar-refractivity contribution < 1.29 is 0 Å². The Morgan fingerprint density at radius 3 is 2.79 bits per heavy atom. The van der Waals surface area contributed by atoms with Gasteiger partial charge in [0.15, 0.2) is 0 Å². The fraction of sp³-hybridized carbons (Fsp3) is 0.733. The third kappa shape index (κ3) is 3.37. The number of hydrogen-bond acceptors (Lipinski definition) is 4. The smallest absolute Gasteiger partial charge is 0.0328 e. The Bertz CT molecular complexity index is 398. The number of hydrogen-bond donors (Lipinski definition) is 1. The van der Waals surface area contributed by atoms with Crippen molar-refractivity contribution in [3.05, 3.63) is 21.9 Å². The van der Waals surface area contributed by atoms with E-state index in [1.165, 1.54) is 55.2 Å². The van der Waals surface area contributed by atoms with Crippen molar-refractivity contribution in [1.82, 2.24) is 15.1 Å². The van der Waals surface area contributed by atoms with Crippen LogP contribution in [0.1, 0.15) is 29.0 Å². The minimum Gasteiger partial charge on any atom is -0.315 e. The second-order valence-corrected chi connectivity index (χ2v) is 7.07. The lowest BCUT2D eigenvalue weighted by Gasteiger charge is -2.23. The summed E-state index contributed by atoms with van der Waals surface area (Å²) in [6.07, 6.45) is 4.19. The van der Waals surface area contributed by atoms with Gasteiger partial charge in [0.25, 0.3) is 0 Å². The third-order valence-electron chi connectivity index (χ3n) is 4.35. The maximum Gasteiger partial charge on any atom is 0.0328 e. The molecule has 106 valence electrons. The van der Waals surface area contributed by atoms with Crippen LogP contribution in [0, 0.1) is 0 Å². The maximum atomic E-state index is 3.23. The molecular weight excluding hydrogens is 254 g/mol. The molecule has 3 heterocycles. The number of nitrogens with one attached hydrogen (secondary N) is 1. The Morgan fingerprint density at radius 1 is 1.21 bits per heavy atom. The number of nitrogens with zero attached hydrogens (tertiary/aromatic N) is 2. The van der Waals surface area contributed by atoms with Crippen molar-refractivity contribution in [2.45, 2.75) is 38.4 Å². The molecule has 1 aromatic rings. The molecule has 2 saturated heterocycles. The Labute approximate surface area is 120 Å². The van der Waals surface area contributed by atoms with Crippen LogP contribution >= 0.6 is 11.3 Å². The van der Waals surface area contributed by atoms with Crippen LogP contribution in [0.5, 0.6) is 0 Å². The quantitative estimate of drug-likeness (QED) is 0.891. The molecule has 1 N–H and O–H groups in total. The predicted octanol–water partition coefficient (Wildman–Crippen LogP) is 2.14. The molecule has 4 heteroatoms. The zero-order valence-corrected chi connectivity index (χ0v) is 12.7. The van der Waals surface area contributed by atoms with E-state index in [1.807, 2.05) is 18.4 Å². The average molecular weight is 279 g/mol. The van der Waals surface area contributed by atoms with Gasteiger partial charge in [0, 0.05) is 42.0 Å². The highest BCUT2D eigenvalue weighted by molar-refractivity contribution is 7.11. The summed E-state index contributed by atoms with van der Waals surface area (Å²) in [5.41, 5.74) is 0. The summed E-state index contributed by atoms with van der Waals surface area (Å²) in [4.78, 5) is 8.32.